The molecule has 0 atom stereocenters. The molecule has 0 amide bonds. The molecule has 0 radical (unpaired) electrons. The fourth-order valence-corrected chi connectivity index (χ4v) is 0.439. The van der Waals surface area contributed by atoms with Gasteiger partial charge in [0.2, 0.25) is 0 Å². The summed E-state index contributed by atoms with van der Waals surface area (Å²) in [7, 11) is 0. The number of aliphatic carboxylic acids is 2. The Morgan fingerprint density at radius 3 is 1.41 bits per heavy atom. The van der Waals surface area contributed by atoms with Crippen LogP contribution in [0.5, 0.6) is 0 Å². The van der Waals surface area contributed by atoms with Crippen molar-refractivity contribution < 1.29 is 83.7 Å². The Bertz CT molecular complexity index is 197. The molecule has 0 unspecified atom stereocenters. The first kappa shape index (κ1) is 26.0. The third kappa shape index (κ3) is 38.5. The van der Waals surface area contributed by atoms with E-state index in [1.165, 1.54) is 0 Å². The third-order valence-electron chi connectivity index (χ3n) is 1.00. The van der Waals surface area contributed by atoms with E-state index in [1.807, 2.05) is 0 Å². The predicted molar refractivity (Wildman–Crippen MR) is 50.5 cm³/mol. The number of carboxylic acids is 2. The van der Waals surface area contributed by atoms with Gasteiger partial charge in [-0.25, -0.2) is 0 Å². The van der Waals surface area contributed by atoms with Gasteiger partial charge in [-0.3, -0.25) is 0 Å². The minimum Gasteiger partial charge on any atom is -0.550 e. The van der Waals surface area contributed by atoms with Gasteiger partial charge in [0.1, 0.15) is 0 Å². The van der Waals surface area contributed by atoms with Crippen LogP contribution in [-0.2, 0) is 14.3 Å². The molecule has 0 heterocycles. The van der Waals surface area contributed by atoms with Gasteiger partial charge in [0.15, 0.2) is 0 Å². The molecule has 0 aromatic rings. The van der Waals surface area contributed by atoms with Crippen LogP contribution in [0.1, 0.15) is 12.8 Å². The van der Waals surface area contributed by atoms with E-state index in [0.717, 1.165) is 0 Å². The summed E-state index contributed by atoms with van der Waals surface area (Å²) >= 11 is 0. The van der Waals surface area contributed by atoms with E-state index in [0.29, 0.717) is 13.2 Å². The van der Waals surface area contributed by atoms with Crippen molar-refractivity contribution >= 4 is 11.9 Å². The van der Waals surface area contributed by atoms with Gasteiger partial charge >= 0.3 is 59.1 Å². The van der Waals surface area contributed by atoms with Crippen molar-refractivity contribution in [2.24, 2.45) is 0 Å². The standard InChI is InChI=1S/C6H10O.C4H6O4.2Na/c1-3-5-7-6-4-2;5-3(6)1-2-4(7)8;;/h3-4H,1-2,5-6H2;1-2H2,(H,5,6)(H,7,8);;/q;;2*+1/p-2. The van der Waals surface area contributed by atoms with Gasteiger partial charge in [-0.1, -0.05) is 12.2 Å². The van der Waals surface area contributed by atoms with E-state index >= 15 is 0 Å². The summed E-state index contributed by atoms with van der Waals surface area (Å²) in [5.74, 6) is -2.73. The zero-order valence-corrected chi connectivity index (χ0v) is 14.4. The van der Waals surface area contributed by atoms with Crippen LogP contribution < -0.4 is 69.3 Å². The van der Waals surface area contributed by atoms with Crippen LogP contribution in [0.2, 0.25) is 0 Å². The summed E-state index contributed by atoms with van der Waals surface area (Å²) in [6.45, 7) is 8.18. The van der Waals surface area contributed by atoms with E-state index in [9.17, 15) is 19.8 Å². The second-order valence-corrected chi connectivity index (χ2v) is 2.36. The van der Waals surface area contributed by atoms with Gasteiger partial charge in [-0.05, 0) is 12.8 Å². The smallest absolute Gasteiger partial charge is 0.550 e. The normalized spacial score (nSPS) is 7.29. The Morgan fingerprint density at radius 2 is 1.24 bits per heavy atom. The van der Waals surface area contributed by atoms with Crippen molar-refractivity contribution in [3.05, 3.63) is 25.3 Å². The Morgan fingerprint density at radius 1 is 0.941 bits per heavy atom. The van der Waals surface area contributed by atoms with E-state index in [-0.39, 0.29) is 59.1 Å². The minimum absolute atomic E-state index is 0. The molecule has 17 heavy (non-hydrogen) atoms. The van der Waals surface area contributed by atoms with E-state index in [4.69, 9.17) is 4.74 Å². The molecule has 0 aliphatic carbocycles. The van der Waals surface area contributed by atoms with Gasteiger partial charge in [0.25, 0.3) is 0 Å². The second kappa shape index (κ2) is 21.6. The number of carbonyl (C=O) groups is 2. The van der Waals surface area contributed by atoms with Gasteiger partial charge < -0.3 is 24.5 Å². The van der Waals surface area contributed by atoms with E-state index < -0.39 is 24.8 Å². The maximum absolute atomic E-state index is 9.50. The number of hydrogen-bond donors (Lipinski definition) is 0. The quantitative estimate of drug-likeness (QED) is 0.258. The molecule has 0 fully saturated rings. The maximum atomic E-state index is 9.50. The monoisotopic (exact) mass is 260 g/mol. The van der Waals surface area contributed by atoms with Crippen LogP contribution in [0.15, 0.2) is 25.3 Å². The van der Waals surface area contributed by atoms with Crippen LogP contribution >= 0.6 is 0 Å². The van der Waals surface area contributed by atoms with Crippen molar-refractivity contribution in [1.29, 1.82) is 0 Å². The summed E-state index contributed by atoms with van der Waals surface area (Å²) in [6, 6.07) is 0. The molecule has 0 aromatic carbocycles. The molecule has 0 bridgehead atoms. The van der Waals surface area contributed by atoms with Crippen molar-refractivity contribution in [3.63, 3.8) is 0 Å². The average Bonchev–Trinajstić information content (AvgIpc) is 2.17. The Hall–Kier alpha value is 0.380. The fraction of sp³-hybridized carbons (Fsp3) is 0.400. The zero-order chi connectivity index (χ0) is 12.1. The molecule has 0 N–H and O–H groups in total. The SMILES string of the molecule is C=CCOCC=C.O=C([O-])CCC(=O)[O-].[Na+].[Na+]. The summed E-state index contributed by atoms with van der Waals surface area (Å²) in [5.41, 5.74) is 0. The molecule has 0 saturated carbocycles. The first-order valence-electron chi connectivity index (χ1n) is 4.23. The van der Waals surface area contributed by atoms with Crippen molar-refractivity contribution in [3.8, 4) is 0 Å². The summed E-state index contributed by atoms with van der Waals surface area (Å²) in [6.07, 6.45) is 2.48. The van der Waals surface area contributed by atoms with Crippen molar-refractivity contribution in [2.45, 2.75) is 12.8 Å². The van der Waals surface area contributed by atoms with E-state index in [2.05, 4.69) is 13.2 Å². The predicted octanol–water partition coefficient (Wildman–Crippen LogP) is -7.35. The number of rotatable bonds is 7. The minimum atomic E-state index is -1.37. The molecule has 0 aliphatic heterocycles. The Kier molecular flexibility index (Phi) is 33.2. The molecule has 0 spiro atoms. The molecule has 7 heteroatoms. The molecular formula is C10H14Na2O5. The summed E-state index contributed by atoms with van der Waals surface area (Å²) in [5, 5.41) is 19.0. The van der Waals surface area contributed by atoms with Crippen LogP contribution in [0.25, 0.3) is 0 Å². The van der Waals surface area contributed by atoms with Gasteiger partial charge in [-0.15, -0.1) is 13.2 Å². The first-order chi connectivity index (χ1) is 7.04. The first-order valence-corrected chi connectivity index (χ1v) is 4.23. The molecule has 0 rings (SSSR count). The Labute approximate surface area is 146 Å². The van der Waals surface area contributed by atoms with Crippen LogP contribution in [0, 0.1) is 0 Å². The van der Waals surface area contributed by atoms with Crippen molar-refractivity contribution in [1.82, 2.24) is 0 Å². The molecule has 5 nitrogen and oxygen atoms in total. The zero-order valence-electron chi connectivity index (χ0n) is 10.4. The second-order valence-electron chi connectivity index (χ2n) is 2.36. The number of carboxylic acid groups (broad SMARTS) is 2. The average molecular weight is 260 g/mol. The van der Waals surface area contributed by atoms with Gasteiger partial charge in [0.05, 0.1) is 13.2 Å². The Balaban J connectivity index is -0.0000000896. The van der Waals surface area contributed by atoms with Crippen LogP contribution in [0.4, 0.5) is 0 Å². The molecule has 86 valence electrons. The van der Waals surface area contributed by atoms with Gasteiger partial charge in [-0.2, -0.15) is 0 Å². The van der Waals surface area contributed by atoms with Crippen LogP contribution in [-0.4, -0.2) is 25.2 Å². The van der Waals surface area contributed by atoms with Crippen LogP contribution in [0.3, 0.4) is 0 Å². The molecular weight excluding hydrogens is 246 g/mol. The fourth-order valence-electron chi connectivity index (χ4n) is 0.439. The summed E-state index contributed by atoms with van der Waals surface area (Å²) < 4.78 is 4.90. The summed E-state index contributed by atoms with van der Waals surface area (Å²) in [4.78, 5) is 19.0. The largest absolute Gasteiger partial charge is 1.00 e. The van der Waals surface area contributed by atoms with Gasteiger partial charge in [0, 0.05) is 11.9 Å². The number of carbonyl (C=O) groups excluding carboxylic acids is 2. The molecule has 0 aliphatic rings. The molecule has 0 aromatic heterocycles. The number of hydrogen-bond acceptors (Lipinski definition) is 5. The molecule has 0 saturated heterocycles. The van der Waals surface area contributed by atoms with Crippen molar-refractivity contribution in [2.75, 3.05) is 13.2 Å². The third-order valence-corrected chi connectivity index (χ3v) is 1.00. The number of ether oxygens (including phenoxy) is 1. The maximum Gasteiger partial charge on any atom is 1.00 e. The van der Waals surface area contributed by atoms with E-state index in [1.54, 1.807) is 12.2 Å². The topological polar surface area (TPSA) is 89.5 Å².